The second kappa shape index (κ2) is 3.29. The van der Waals surface area contributed by atoms with Crippen LogP contribution < -0.4 is 0 Å². The molecule has 1 aliphatic carbocycles. The maximum atomic E-state index is 2.26. The van der Waals surface area contributed by atoms with Gasteiger partial charge < -0.3 is 0 Å². The summed E-state index contributed by atoms with van der Waals surface area (Å²) < 4.78 is 0. The van der Waals surface area contributed by atoms with Gasteiger partial charge in [-0.2, -0.15) is 0 Å². The van der Waals surface area contributed by atoms with E-state index in [9.17, 15) is 0 Å². The average molecular weight is 120 g/mol. The summed E-state index contributed by atoms with van der Waals surface area (Å²) in [5.74, 6) is 0. The lowest BCUT2D eigenvalue weighted by Crippen LogP contribution is -1.73. The zero-order valence-electron chi connectivity index (χ0n) is 5.80. The second-order valence-electron chi connectivity index (χ2n) is 2.31. The van der Waals surface area contributed by atoms with E-state index in [4.69, 9.17) is 0 Å². The Kier molecular flexibility index (Phi) is 2.32. The highest BCUT2D eigenvalue weighted by molar-refractivity contribution is 5.21. The van der Waals surface area contributed by atoms with Gasteiger partial charge >= 0.3 is 0 Å². The fourth-order valence-electron chi connectivity index (χ4n) is 0.857. The van der Waals surface area contributed by atoms with Crippen LogP contribution in [0.2, 0.25) is 0 Å². The molecule has 0 N–H and O–H groups in total. The molecule has 0 aromatic carbocycles. The molecule has 0 atom stereocenters. The lowest BCUT2D eigenvalue weighted by Gasteiger charge is -1.93. The lowest BCUT2D eigenvalue weighted by atomic mass is 10.1. The van der Waals surface area contributed by atoms with Crippen LogP contribution in [0.3, 0.4) is 0 Å². The summed E-state index contributed by atoms with van der Waals surface area (Å²) in [4.78, 5) is 0. The predicted molar refractivity (Wildman–Crippen MR) is 41.3 cm³/mol. The molecule has 1 rings (SSSR count). The normalized spacial score (nSPS) is 18.6. The molecule has 0 heteroatoms. The van der Waals surface area contributed by atoms with Gasteiger partial charge in [-0.3, -0.25) is 0 Å². The summed E-state index contributed by atoms with van der Waals surface area (Å²) in [5.41, 5.74) is 1.37. The highest BCUT2D eigenvalue weighted by Gasteiger charge is 1.83. The molecule has 0 aromatic heterocycles. The van der Waals surface area contributed by atoms with Crippen LogP contribution in [0.1, 0.15) is 19.8 Å². The standard InChI is InChI=1S/C9H12/c1-9-7-5-3-2-4-6-8-9/h2-3,5,7-8H,4,6H2,1H3. The van der Waals surface area contributed by atoms with Crippen molar-refractivity contribution in [3.05, 3.63) is 36.0 Å². The van der Waals surface area contributed by atoms with Gasteiger partial charge in [0.25, 0.3) is 0 Å². The largest absolute Gasteiger partial charge is 0.0842 e. The third-order valence-electron chi connectivity index (χ3n) is 1.41. The summed E-state index contributed by atoms with van der Waals surface area (Å²) in [5, 5.41) is 0. The second-order valence-corrected chi connectivity index (χ2v) is 2.31. The Labute approximate surface area is 56.6 Å². The van der Waals surface area contributed by atoms with Crippen molar-refractivity contribution < 1.29 is 0 Å². The van der Waals surface area contributed by atoms with Crippen molar-refractivity contribution in [3.8, 4) is 0 Å². The Morgan fingerprint density at radius 3 is 3.00 bits per heavy atom. The van der Waals surface area contributed by atoms with Crippen molar-refractivity contribution in [2.45, 2.75) is 19.8 Å². The van der Waals surface area contributed by atoms with E-state index >= 15 is 0 Å². The van der Waals surface area contributed by atoms with Gasteiger partial charge in [0.1, 0.15) is 0 Å². The fraction of sp³-hybridized carbons (Fsp3) is 0.333. The first kappa shape index (κ1) is 6.34. The molecule has 0 amide bonds. The molecule has 0 bridgehead atoms. The van der Waals surface area contributed by atoms with Crippen molar-refractivity contribution in [3.63, 3.8) is 0 Å². The fourth-order valence-corrected chi connectivity index (χ4v) is 0.857. The van der Waals surface area contributed by atoms with Crippen molar-refractivity contribution in [1.29, 1.82) is 0 Å². The van der Waals surface area contributed by atoms with Gasteiger partial charge in [-0.15, -0.1) is 0 Å². The first-order valence-corrected chi connectivity index (χ1v) is 3.39. The third-order valence-corrected chi connectivity index (χ3v) is 1.41. The van der Waals surface area contributed by atoms with Crippen LogP contribution in [0.15, 0.2) is 36.0 Å². The quantitative estimate of drug-likeness (QED) is 0.461. The monoisotopic (exact) mass is 120 g/mol. The summed E-state index contributed by atoms with van der Waals surface area (Å²) in [6.45, 7) is 2.13. The minimum atomic E-state index is 1.18. The van der Waals surface area contributed by atoms with Crippen LogP contribution in [0.25, 0.3) is 0 Å². The Bertz CT molecular complexity index is 159. The van der Waals surface area contributed by atoms with Crippen LogP contribution in [-0.2, 0) is 0 Å². The Morgan fingerprint density at radius 2 is 2.11 bits per heavy atom. The number of hydrogen-bond acceptors (Lipinski definition) is 0. The summed E-state index contributed by atoms with van der Waals surface area (Å²) in [7, 11) is 0. The average Bonchev–Trinajstić information content (AvgIpc) is 1.79. The summed E-state index contributed by atoms with van der Waals surface area (Å²) in [6, 6.07) is 0. The molecule has 0 aliphatic heterocycles. The highest BCUT2D eigenvalue weighted by Crippen LogP contribution is 2.03. The molecular formula is C9H12. The van der Waals surface area contributed by atoms with Gasteiger partial charge in [-0.25, -0.2) is 0 Å². The van der Waals surface area contributed by atoms with E-state index in [1.807, 2.05) is 0 Å². The van der Waals surface area contributed by atoms with Gasteiger partial charge in [0.15, 0.2) is 0 Å². The molecule has 0 spiro atoms. The maximum absolute atomic E-state index is 2.26. The Hall–Kier alpha value is -0.780. The number of rotatable bonds is 0. The van der Waals surface area contributed by atoms with Crippen molar-refractivity contribution >= 4 is 0 Å². The topological polar surface area (TPSA) is 0 Å². The van der Waals surface area contributed by atoms with Crippen LogP contribution in [-0.4, -0.2) is 0 Å². The van der Waals surface area contributed by atoms with Gasteiger partial charge in [-0.05, 0) is 19.8 Å². The third kappa shape index (κ3) is 2.31. The first-order valence-electron chi connectivity index (χ1n) is 3.39. The van der Waals surface area contributed by atoms with E-state index in [-0.39, 0.29) is 0 Å². The minimum Gasteiger partial charge on any atom is -0.0842 e. The molecule has 0 radical (unpaired) electrons. The van der Waals surface area contributed by atoms with Crippen molar-refractivity contribution in [2.24, 2.45) is 0 Å². The van der Waals surface area contributed by atoms with Crippen LogP contribution in [0.4, 0.5) is 0 Å². The van der Waals surface area contributed by atoms with E-state index in [2.05, 4.69) is 37.3 Å². The molecule has 0 aromatic rings. The zero-order valence-corrected chi connectivity index (χ0v) is 5.80. The molecule has 1 aliphatic rings. The van der Waals surface area contributed by atoms with Crippen LogP contribution in [0.5, 0.6) is 0 Å². The van der Waals surface area contributed by atoms with Crippen molar-refractivity contribution in [2.75, 3.05) is 0 Å². The molecule has 9 heavy (non-hydrogen) atoms. The SMILES string of the molecule is CC1=CCCC=CC=C1. The van der Waals surface area contributed by atoms with Crippen LogP contribution >= 0.6 is 0 Å². The minimum absolute atomic E-state index is 1.18. The van der Waals surface area contributed by atoms with Gasteiger partial charge in [0.05, 0.1) is 0 Å². The molecule has 0 heterocycles. The van der Waals surface area contributed by atoms with E-state index < -0.39 is 0 Å². The smallest absolute Gasteiger partial charge is 0.0310 e. The van der Waals surface area contributed by atoms with E-state index in [1.165, 1.54) is 18.4 Å². The maximum Gasteiger partial charge on any atom is -0.0310 e. The van der Waals surface area contributed by atoms with Crippen molar-refractivity contribution in [1.82, 2.24) is 0 Å². The number of hydrogen-bond donors (Lipinski definition) is 0. The summed E-state index contributed by atoms with van der Waals surface area (Å²) in [6.07, 6.45) is 13.2. The molecule has 0 fully saturated rings. The highest BCUT2D eigenvalue weighted by atomic mass is 13.9. The van der Waals surface area contributed by atoms with E-state index in [1.54, 1.807) is 0 Å². The van der Waals surface area contributed by atoms with Gasteiger partial charge in [0.2, 0.25) is 0 Å². The molecule has 0 nitrogen and oxygen atoms in total. The Balaban J connectivity index is 2.64. The molecule has 0 saturated carbocycles. The predicted octanol–water partition coefficient (Wildman–Crippen LogP) is 2.84. The molecule has 48 valence electrons. The molecule has 0 saturated heterocycles. The van der Waals surface area contributed by atoms with E-state index in [0.717, 1.165) is 0 Å². The van der Waals surface area contributed by atoms with E-state index in [0.29, 0.717) is 0 Å². The van der Waals surface area contributed by atoms with Crippen LogP contribution in [0, 0.1) is 0 Å². The summed E-state index contributed by atoms with van der Waals surface area (Å²) >= 11 is 0. The lowest BCUT2D eigenvalue weighted by molar-refractivity contribution is 1.04. The van der Waals surface area contributed by atoms with Gasteiger partial charge in [0, 0.05) is 0 Å². The first-order chi connectivity index (χ1) is 4.39. The van der Waals surface area contributed by atoms with Gasteiger partial charge in [-0.1, -0.05) is 36.0 Å². The Morgan fingerprint density at radius 1 is 1.22 bits per heavy atom. The molecular weight excluding hydrogens is 108 g/mol. The molecule has 0 unspecified atom stereocenters. The number of allylic oxidation sites excluding steroid dienone is 6. The zero-order chi connectivity index (χ0) is 6.53.